The van der Waals surface area contributed by atoms with E-state index in [9.17, 15) is 13.5 Å². The van der Waals surface area contributed by atoms with Crippen molar-refractivity contribution in [3.63, 3.8) is 0 Å². The molecule has 0 radical (unpaired) electrons. The molecule has 0 saturated carbocycles. The number of hydrogen-bond donors (Lipinski definition) is 3. The van der Waals surface area contributed by atoms with E-state index in [-0.39, 0.29) is 64.0 Å². The second-order valence-corrected chi connectivity index (χ2v) is 11.4. The Hall–Kier alpha value is -4.93. The Morgan fingerprint density at radius 1 is 1.07 bits per heavy atom. The van der Waals surface area contributed by atoms with Crippen LogP contribution < -0.4 is 18.9 Å². The van der Waals surface area contributed by atoms with Crippen molar-refractivity contribution in [2.45, 2.75) is 24.8 Å². The summed E-state index contributed by atoms with van der Waals surface area (Å²) in [6.07, 6.45) is 2.97. The molecule has 0 bridgehead atoms. The van der Waals surface area contributed by atoms with Gasteiger partial charge in [-0.1, -0.05) is 31.5 Å². The molecule has 0 aliphatic heterocycles. The summed E-state index contributed by atoms with van der Waals surface area (Å²) in [6.45, 7) is 3.36. The highest BCUT2D eigenvalue weighted by molar-refractivity contribution is 7.92. The molecule has 0 atom stereocenters. The lowest BCUT2D eigenvalue weighted by atomic mass is 10.1. The zero-order valence-corrected chi connectivity index (χ0v) is 25.2. The van der Waals surface area contributed by atoms with E-state index in [2.05, 4.69) is 45.3 Å². The fourth-order valence-electron chi connectivity index (χ4n) is 3.79. The maximum atomic E-state index is 13.6. The van der Waals surface area contributed by atoms with Crippen molar-refractivity contribution in [3.05, 3.63) is 65.4 Å². The normalized spacial score (nSPS) is 11.4. The first-order valence-electron chi connectivity index (χ1n) is 13.0. The first-order valence-corrected chi connectivity index (χ1v) is 14.9. The summed E-state index contributed by atoms with van der Waals surface area (Å²) in [7, 11) is -2.84. The molecule has 0 aliphatic rings. The largest absolute Gasteiger partial charge is 0.497 e. The first-order chi connectivity index (χ1) is 21.2. The van der Waals surface area contributed by atoms with E-state index in [0.29, 0.717) is 17.0 Å². The van der Waals surface area contributed by atoms with Crippen LogP contribution in [-0.2, 0) is 10.0 Å². The average Bonchev–Trinajstić information content (AvgIpc) is 3.57. The summed E-state index contributed by atoms with van der Waals surface area (Å²) < 4.78 is 46.7. The maximum Gasteiger partial charge on any atom is 0.280 e. The van der Waals surface area contributed by atoms with Gasteiger partial charge in [0.1, 0.15) is 23.8 Å². The monoisotopic (exact) mass is 639 g/mol. The molecule has 0 aliphatic carbocycles. The van der Waals surface area contributed by atoms with Crippen LogP contribution in [0.4, 0.5) is 5.82 Å². The van der Waals surface area contributed by atoms with Crippen LogP contribution in [0, 0.1) is 0 Å². The fraction of sp³-hybridized carbons (Fsp3) is 0.222. The molecule has 3 N–H and O–H groups in total. The van der Waals surface area contributed by atoms with Crippen molar-refractivity contribution in [2.24, 2.45) is 0 Å². The van der Waals surface area contributed by atoms with Crippen LogP contribution in [0.5, 0.6) is 23.1 Å². The maximum absolute atomic E-state index is 13.6. The molecule has 228 valence electrons. The molecule has 0 saturated heterocycles. The lowest BCUT2D eigenvalue weighted by Crippen LogP contribution is -2.17. The first kappa shape index (κ1) is 30.5. The minimum Gasteiger partial charge on any atom is -0.497 e. The second-order valence-electron chi connectivity index (χ2n) is 9.36. The summed E-state index contributed by atoms with van der Waals surface area (Å²) in [5.74, 6) is 0.182. The smallest absolute Gasteiger partial charge is 0.280 e. The number of aliphatic hydroxyl groups excluding tert-OH is 1. The van der Waals surface area contributed by atoms with E-state index in [1.807, 2.05) is 13.8 Å². The fourth-order valence-corrected chi connectivity index (χ4v) is 4.89. The summed E-state index contributed by atoms with van der Waals surface area (Å²) in [6, 6.07) is 10.9. The molecule has 4 aromatic heterocycles. The average molecular weight is 640 g/mol. The van der Waals surface area contributed by atoms with Crippen LogP contribution >= 0.6 is 11.6 Å². The molecule has 0 spiro atoms. The zero-order valence-electron chi connectivity index (χ0n) is 23.6. The van der Waals surface area contributed by atoms with Gasteiger partial charge in [-0.3, -0.25) is 9.71 Å². The Bertz CT molecular complexity index is 1860. The minimum atomic E-state index is -4.31. The predicted octanol–water partition coefficient (Wildman–Crippen LogP) is 3.86. The summed E-state index contributed by atoms with van der Waals surface area (Å²) >= 11 is 6.40. The third kappa shape index (κ3) is 6.82. The second kappa shape index (κ2) is 13.2. The van der Waals surface area contributed by atoms with Gasteiger partial charge < -0.3 is 19.3 Å². The lowest BCUT2D eigenvalue weighted by Gasteiger charge is -2.18. The van der Waals surface area contributed by atoms with E-state index in [4.69, 9.17) is 25.8 Å². The van der Waals surface area contributed by atoms with Gasteiger partial charge in [0.2, 0.25) is 11.6 Å². The van der Waals surface area contributed by atoms with E-state index < -0.39 is 10.0 Å². The molecule has 15 nitrogen and oxygen atoms in total. The number of nitrogens with zero attached hydrogens (tertiary/aromatic N) is 7. The number of sulfonamides is 1. The van der Waals surface area contributed by atoms with E-state index in [1.54, 1.807) is 30.3 Å². The highest BCUT2D eigenvalue weighted by atomic mass is 35.5. The van der Waals surface area contributed by atoms with Crippen LogP contribution in [-0.4, -0.2) is 74.4 Å². The number of nitrogens with one attached hydrogen (secondary N) is 2. The number of methoxy groups -OCH3 is 1. The van der Waals surface area contributed by atoms with Crippen molar-refractivity contribution in [2.75, 3.05) is 25.0 Å². The number of aromatic nitrogens is 8. The number of aromatic amines is 1. The Morgan fingerprint density at radius 3 is 2.59 bits per heavy atom. The van der Waals surface area contributed by atoms with Crippen LogP contribution in [0.2, 0.25) is 5.02 Å². The third-order valence-corrected chi connectivity index (χ3v) is 7.61. The molecule has 17 heteroatoms. The predicted molar refractivity (Wildman–Crippen MR) is 158 cm³/mol. The van der Waals surface area contributed by atoms with E-state index >= 15 is 0 Å². The van der Waals surface area contributed by atoms with Gasteiger partial charge in [-0.25, -0.2) is 9.97 Å². The number of benzene rings is 1. The van der Waals surface area contributed by atoms with Crippen molar-refractivity contribution in [3.8, 4) is 46.0 Å². The molecular formula is C27H26ClN9O6S. The number of hydrogen-bond acceptors (Lipinski definition) is 13. The van der Waals surface area contributed by atoms with Crippen LogP contribution in [0.15, 0.2) is 59.9 Å². The standard InChI is InChI=1S/C27H26ClN9O6S/c1-15(2)17-4-7-22(30-14-17)44(39,40)35-26-23(43-21-13-18(41-3)5-6-19(21)28)27(42-11-10-38)32-24(31-26)16-8-9-29-20(12-16)25-33-36-37-34-25/h4-9,12-15,38H,10-11H2,1-3H3,(H,31,32,35)(H,33,34,36,37). The summed E-state index contributed by atoms with van der Waals surface area (Å²) in [5.41, 5.74) is 1.61. The van der Waals surface area contributed by atoms with Gasteiger partial charge in [0.15, 0.2) is 16.7 Å². The number of anilines is 1. The zero-order chi connectivity index (χ0) is 31.3. The quantitative estimate of drug-likeness (QED) is 0.178. The number of pyridine rings is 2. The lowest BCUT2D eigenvalue weighted by molar-refractivity contribution is 0.193. The van der Waals surface area contributed by atoms with Crippen molar-refractivity contribution < 1.29 is 27.7 Å². The van der Waals surface area contributed by atoms with Gasteiger partial charge in [-0.05, 0) is 47.0 Å². The third-order valence-electron chi connectivity index (χ3n) is 6.04. The molecular weight excluding hydrogens is 614 g/mol. The molecule has 5 aromatic rings. The number of tetrazole rings is 1. The Morgan fingerprint density at radius 2 is 1.91 bits per heavy atom. The Kier molecular flexibility index (Phi) is 9.12. The Labute approximate surface area is 256 Å². The van der Waals surface area contributed by atoms with Gasteiger partial charge in [0.05, 0.1) is 18.7 Å². The molecule has 4 heterocycles. The van der Waals surface area contributed by atoms with Crippen molar-refractivity contribution in [1.82, 2.24) is 40.6 Å². The Balaban J connectivity index is 1.66. The molecule has 1 aromatic carbocycles. The van der Waals surface area contributed by atoms with Crippen LogP contribution in [0.3, 0.4) is 0 Å². The van der Waals surface area contributed by atoms with Gasteiger partial charge in [-0.15, -0.1) is 10.2 Å². The molecule has 5 rings (SSSR count). The van der Waals surface area contributed by atoms with Crippen LogP contribution in [0.25, 0.3) is 22.9 Å². The van der Waals surface area contributed by atoms with E-state index in [0.717, 1.165) is 5.56 Å². The van der Waals surface area contributed by atoms with Crippen molar-refractivity contribution >= 4 is 27.4 Å². The topological polar surface area (TPSA) is 200 Å². The van der Waals surface area contributed by atoms with E-state index in [1.165, 1.54) is 31.6 Å². The molecule has 0 unspecified atom stereocenters. The number of rotatable bonds is 12. The van der Waals surface area contributed by atoms with Gasteiger partial charge in [0.25, 0.3) is 15.9 Å². The number of H-pyrrole nitrogens is 1. The van der Waals surface area contributed by atoms with Crippen molar-refractivity contribution in [1.29, 1.82) is 0 Å². The highest BCUT2D eigenvalue weighted by Crippen LogP contribution is 2.42. The van der Waals surface area contributed by atoms with Gasteiger partial charge >= 0.3 is 0 Å². The number of ether oxygens (including phenoxy) is 3. The summed E-state index contributed by atoms with van der Waals surface area (Å²) in [5, 5.41) is 23.2. The SMILES string of the molecule is COc1ccc(Cl)c(Oc2c(NS(=O)(=O)c3ccc(C(C)C)cn3)nc(-c3ccnc(-c4nn[nH]n4)c3)nc2OCCO)c1. The summed E-state index contributed by atoms with van der Waals surface area (Å²) in [4.78, 5) is 17.4. The molecule has 44 heavy (non-hydrogen) atoms. The number of aliphatic hydroxyl groups is 1. The molecule has 0 amide bonds. The van der Waals surface area contributed by atoms with Gasteiger partial charge in [-0.2, -0.15) is 18.6 Å². The highest BCUT2D eigenvalue weighted by Gasteiger charge is 2.26. The molecule has 0 fully saturated rings. The van der Waals surface area contributed by atoms with Crippen LogP contribution in [0.1, 0.15) is 25.3 Å². The minimum absolute atomic E-state index is 0.0231. The van der Waals surface area contributed by atoms with Gasteiger partial charge in [0, 0.05) is 24.0 Å². The number of halogens is 1.